The first-order valence-electron chi connectivity index (χ1n) is 8.99. The molecule has 0 unspecified atom stereocenters. The Morgan fingerprint density at radius 2 is 1.89 bits per heavy atom. The lowest BCUT2D eigenvalue weighted by molar-refractivity contribution is 0.452. The number of aryl methyl sites for hydroxylation is 2. The van der Waals surface area contributed by atoms with Gasteiger partial charge in [0.25, 0.3) is 0 Å². The summed E-state index contributed by atoms with van der Waals surface area (Å²) in [4.78, 5) is 20.4. The van der Waals surface area contributed by atoms with Crippen LogP contribution in [0.15, 0.2) is 64.0 Å². The molecular formula is C21H23N5OS. The lowest BCUT2D eigenvalue weighted by Crippen LogP contribution is -2.14. The van der Waals surface area contributed by atoms with Gasteiger partial charge in [0.2, 0.25) is 5.88 Å². The molecule has 0 atom stereocenters. The normalized spacial score (nSPS) is 11.0. The second kappa shape index (κ2) is 9.32. The molecule has 0 bridgehead atoms. The van der Waals surface area contributed by atoms with Crippen LogP contribution < -0.4 is 4.74 Å². The summed E-state index contributed by atoms with van der Waals surface area (Å²) >= 11 is 1.47. The molecule has 0 saturated heterocycles. The molecule has 2 heterocycles. The van der Waals surface area contributed by atoms with Gasteiger partial charge in [0, 0.05) is 43.1 Å². The Balaban J connectivity index is 1.77. The van der Waals surface area contributed by atoms with Crippen LogP contribution in [-0.4, -0.2) is 39.8 Å². The summed E-state index contributed by atoms with van der Waals surface area (Å²) in [6.07, 6.45) is 7.04. The molecule has 0 N–H and O–H groups in total. The van der Waals surface area contributed by atoms with E-state index in [1.54, 1.807) is 24.7 Å². The minimum Gasteiger partial charge on any atom is -0.439 e. The van der Waals surface area contributed by atoms with Gasteiger partial charge in [0.05, 0.1) is 12.0 Å². The molecule has 144 valence electrons. The van der Waals surface area contributed by atoms with Crippen molar-refractivity contribution in [3.8, 4) is 11.6 Å². The van der Waals surface area contributed by atoms with Gasteiger partial charge >= 0.3 is 0 Å². The average molecular weight is 394 g/mol. The first-order chi connectivity index (χ1) is 13.5. The van der Waals surface area contributed by atoms with E-state index < -0.39 is 0 Å². The van der Waals surface area contributed by atoms with E-state index in [4.69, 9.17) is 4.74 Å². The van der Waals surface area contributed by atoms with Crippen molar-refractivity contribution in [1.29, 1.82) is 0 Å². The number of aliphatic imine (C=N–C) groups is 1. The molecule has 3 rings (SSSR count). The van der Waals surface area contributed by atoms with Gasteiger partial charge in [-0.25, -0.2) is 9.98 Å². The third-order valence-electron chi connectivity index (χ3n) is 4.07. The molecule has 0 fully saturated rings. The molecule has 3 aromatic rings. The van der Waals surface area contributed by atoms with E-state index in [0.29, 0.717) is 11.0 Å². The van der Waals surface area contributed by atoms with Crippen molar-refractivity contribution in [1.82, 2.24) is 19.9 Å². The summed E-state index contributed by atoms with van der Waals surface area (Å²) in [5, 5.41) is 0.627. The zero-order valence-electron chi connectivity index (χ0n) is 16.5. The molecule has 6 nitrogen and oxygen atoms in total. The molecule has 0 saturated carbocycles. The Morgan fingerprint density at radius 3 is 2.64 bits per heavy atom. The molecule has 28 heavy (non-hydrogen) atoms. The Hall–Kier alpha value is -2.93. The number of rotatable bonds is 7. The highest BCUT2D eigenvalue weighted by atomic mass is 32.2. The molecular weight excluding hydrogens is 370 g/mol. The highest BCUT2D eigenvalue weighted by Gasteiger charge is 2.09. The predicted molar refractivity (Wildman–Crippen MR) is 113 cm³/mol. The highest BCUT2D eigenvalue weighted by Crippen LogP contribution is 2.32. The van der Waals surface area contributed by atoms with E-state index >= 15 is 0 Å². The molecule has 0 amide bonds. The Bertz CT molecular complexity index is 962. The summed E-state index contributed by atoms with van der Waals surface area (Å²) < 4.78 is 6.03. The third kappa shape index (κ3) is 5.29. The van der Waals surface area contributed by atoms with E-state index in [-0.39, 0.29) is 0 Å². The van der Waals surface area contributed by atoms with Crippen LogP contribution >= 0.6 is 11.8 Å². The van der Waals surface area contributed by atoms with Crippen molar-refractivity contribution >= 4 is 23.8 Å². The first kappa shape index (κ1) is 19.8. The van der Waals surface area contributed by atoms with Crippen LogP contribution in [0.25, 0.3) is 0 Å². The van der Waals surface area contributed by atoms with Crippen LogP contribution in [0, 0.1) is 13.8 Å². The molecule has 7 heteroatoms. The summed E-state index contributed by atoms with van der Waals surface area (Å²) in [6, 6.07) is 9.62. The van der Waals surface area contributed by atoms with Crippen molar-refractivity contribution in [3.63, 3.8) is 0 Å². The van der Waals surface area contributed by atoms with E-state index in [2.05, 4.69) is 26.9 Å². The quantitative estimate of drug-likeness (QED) is 0.318. The lowest BCUT2D eigenvalue weighted by atomic mass is 10.1. The van der Waals surface area contributed by atoms with Gasteiger partial charge in [0.1, 0.15) is 5.75 Å². The number of hydrogen-bond donors (Lipinski definition) is 0. The molecule has 0 aliphatic carbocycles. The number of ether oxygens (including phenoxy) is 1. The fraction of sp³-hybridized carbons (Fsp3) is 0.238. The van der Waals surface area contributed by atoms with Crippen LogP contribution in [0.5, 0.6) is 11.6 Å². The van der Waals surface area contributed by atoms with Gasteiger partial charge in [0.15, 0.2) is 5.16 Å². The summed E-state index contributed by atoms with van der Waals surface area (Å²) in [5.74, 6) is 1.27. The minimum absolute atomic E-state index is 0.510. The zero-order valence-corrected chi connectivity index (χ0v) is 17.3. The number of benzene rings is 1. The fourth-order valence-corrected chi connectivity index (χ4v) is 3.04. The van der Waals surface area contributed by atoms with E-state index in [1.165, 1.54) is 11.8 Å². The van der Waals surface area contributed by atoms with Gasteiger partial charge in [-0.1, -0.05) is 0 Å². The molecule has 0 aliphatic rings. The maximum absolute atomic E-state index is 6.03. The van der Waals surface area contributed by atoms with Crippen molar-refractivity contribution in [2.24, 2.45) is 4.99 Å². The van der Waals surface area contributed by atoms with Gasteiger partial charge in [-0.2, -0.15) is 4.98 Å². The van der Waals surface area contributed by atoms with E-state index in [1.807, 2.05) is 56.4 Å². The second-order valence-corrected chi connectivity index (χ2v) is 7.33. The standard InChI is InChI=1S/C21H23N5OS/c1-5-26(4)14-24-18-12-16(3)19(13-15(18)2)27-20-8-11-23-21(25-20)28-17-6-9-22-10-7-17/h6-14H,5H2,1-4H3. The number of pyridine rings is 1. The fourth-order valence-electron chi connectivity index (χ4n) is 2.32. The van der Waals surface area contributed by atoms with E-state index in [0.717, 1.165) is 34.0 Å². The monoisotopic (exact) mass is 393 g/mol. The summed E-state index contributed by atoms with van der Waals surface area (Å²) in [7, 11) is 2.00. The number of aromatic nitrogens is 3. The second-order valence-electron chi connectivity index (χ2n) is 6.29. The van der Waals surface area contributed by atoms with Crippen molar-refractivity contribution in [2.75, 3.05) is 13.6 Å². The lowest BCUT2D eigenvalue weighted by Gasteiger charge is -2.12. The van der Waals surface area contributed by atoms with Gasteiger partial charge < -0.3 is 9.64 Å². The Kier molecular flexibility index (Phi) is 6.60. The zero-order chi connectivity index (χ0) is 19.9. The maximum atomic E-state index is 6.03. The van der Waals surface area contributed by atoms with Gasteiger partial charge in [-0.15, -0.1) is 0 Å². The van der Waals surface area contributed by atoms with Crippen molar-refractivity contribution in [3.05, 3.63) is 60.0 Å². The highest BCUT2D eigenvalue weighted by molar-refractivity contribution is 7.99. The molecule has 0 radical (unpaired) electrons. The Morgan fingerprint density at radius 1 is 1.11 bits per heavy atom. The van der Waals surface area contributed by atoms with Crippen molar-refractivity contribution in [2.45, 2.75) is 30.8 Å². The predicted octanol–water partition coefficient (Wildman–Crippen LogP) is 5.04. The number of hydrogen-bond acceptors (Lipinski definition) is 6. The maximum Gasteiger partial charge on any atom is 0.223 e. The number of nitrogens with zero attached hydrogens (tertiary/aromatic N) is 5. The van der Waals surface area contributed by atoms with Crippen LogP contribution in [0.1, 0.15) is 18.1 Å². The van der Waals surface area contributed by atoms with Crippen LogP contribution in [0.4, 0.5) is 5.69 Å². The smallest absolute Gasteiger partial charge is 0.223 e. The average Bonchev–Trinajstić information content (AvgIpc) is 2.70. The van der Waals surface area contributed by atoms with Crippen molar-refractivity contribution < 1.29 is 4.74 Å². The van der Waals surface area contributed by atoms with Gasteiger partial charge in [-0.05, 0) is 67.9 Å². The molecule has 2 aromatic heterocycles. The molecule has 1 aromatic carbocycles. The van der Waals surface area contributed by atoms with E-state index in [9.17, 15) is 0 Å². The van der Waals surface area contributed by atoms with Crippen LogP contribution in [0.2, 0.25) is 0 Å². The third-order valence-corrected chi connectivity index (χ3v) is 4.95. The summed E-state index contributed by atoms with van der Waals surface area (Å²) in [5.41, 5.74) is 2.97. The molecule has 0 aliphatic heterocycles. The van der Waals surface area contributed by atoms with Gasteiger partial charge in [-0.3, -0.25) is 4.98 Å². The Labute approximate surface area is 169 Å². The summed E-state index contributed by atoms with van der Waals surface area (Å²) in [6.45, 7) is 7.03. The first-order valence-corrected chi connectivity index (χ1v) is 9.81. The van der Waals surface area contributed by atoms with Crippen LogP contribution in [-0.2, 0) is 0 Å². The SMILES string of the molecule is CCN(C)C=Nc1cc(C)c(Oc2ccnc(Sc3ccncc3)n2)cc1C. The largest absolute Gasteiger partial charge is 0.439 e. The minimum atomic E-state index is 0.510. The topological polar surface area (TPSA) is 63.5 Å². The molecule has 0 spiro atoms. The van der Waals surface area contributed by atoms with Crippen LogP contribution in [0.3, 0.4) is 0 Å².